The van der Waals surface area contributed by atoms with Crippen molar-refractivity contribution in [2.24, 2.45) is 0 Å². The zero-order chi connectivity index (χ0) is 23.5. The number of likely N-dealkylation sites (N-methyl/N-ethyl adjacent to an activating group) is 1. The fourth-order valence-electron chi connectivity index (χ4n) is 2.91. The molecule has 0 radical (unpaired) electrons. The second-order valence-corrected chi connectivity index (χ2v) is 7.43. The van der Waals surface area contributed by atoms with Gasteiger partial charge in [0.15, 0.2) is 17.4 Å². The highest BCUT2D eigenvalue weighted by Crippen LogP contribution is 2.30. The van der Waals surface area contributed by atoms with E-state index in [1.807, 2.05) is 33.9 Å². The van der Waals surface area contributed by atoms with E-state index in [2.05, 4.69) is 32.1 Å². The predicted molar refractivity (Wildman–Crippen MR) is 129 cm³/mol. The molecule has 0 atom stereocenters. The van der Waals surface area contributed by atoms with Gasteiger partial charge in [0, 0.05) is 29.6 Å². The first-order valence-electron chi connectivity index (χ1n) is 10.8. The van der Waals surface area contributed by atoms with Gasteiger partial charge in [-0.2, -0.15) is 0 Å². The number of ether oxygens (including phenoxy) is 1. The van der Waals surface area contributed by atoms with Crippen LogP contribution in [0.1, 0.15) is 32.8 Å². The Bertz CT molecular complexity index is 1000. The molecule has 0 unspecified atom stereocenters. The minimum atomic E-state index is -0.444. The molecule has 0 aliphatic rings. The third-order valence-corrected chi connectivity index (χ3v) is 4.77. The Balaban J connectivity index is 0.00000176. The lowest BCUT2D eigenvalue weighted by atomic mass is 10.2. The van der Waals surface area contributed by atoms with Crippen LogP contribution in [0.25, 0.3) is 11.4 Å². The second kappa shape index (κ2) is 12.9. The standard InChI is InChI=1S/C22H25ClFN5O.C2H6/c1-4-9-29(3)10-11-30-20-14-26-21(17-12-16(23)5-6-18(17)24)28-22(20)27-19-7-8-25-13-15(19)2;1-2/h5-8,12-14H,4,9-11H2,1-3H3,(H,25,26,27,28);1-2H3. The monoisotopic (exact) mass is 459 g/mol. The minimum Gasteiger partial charge on any atom is -0.487 e. The summed E-state index contributed by atoms with van der Waals surface area (Å²) in [6.07, 6.45) is 6.07. The van der Waals surface area contributed by atoms with Gasteiger partial charge in [-0.3, -0.25) is 4.98 Å². The highest BCUT2D eigenvalue weighted by Gasteiger charge is 2.15. The van der Waals surface area contributed by atoms with Crippen molar-refractivity contribution in [3.63, 3.8) is 0 Å². The Hall–Kier alpha value is -2.77. The number of rotatable bonds is 9. The van der Waals surface area contributed by atoms with Crippen molar-refractivity contribution in [2.75, 3.05) is 32.1 Å². The lowest BCUT2D eigenvalue weighted by molar-refractivity contribution is 0.237. The SMILES string of the molecule is CC.CCCN(C)CCOc1cnc(-c2cc(Cl)ccc2F)nc1Nc1ccncc1C. The molecule has 0 bridgehead atoms. The van der Waals surface area contributed by atoms with Crippen LogP contribution in [0.15, 0.2) is 42.9 Å². The first kappa shape index (κ1) is 25.5. The van der Waals surface area contributed by atoms with Gasteiger partial charge >= 0.3 is 0 Å². The van der Waals surface area contributed by atoms with Crippen molar-refractivity contribution in [2.45, 2.75) is 34.1 Å². The zero-order valence-corrected chi connectivity index (χ0v) is 20.1. The highest BCUT2D eigenvalue weighted by atomic mass is 35.5. The third kappa shape index (κ3) is 7.14. The quantitative estimate of drug-likeness (QED) is 0.415. The van der Waals surface area contributed by atoms with Crippen molar-refractivity contribution in [3.05, 3.63) is 59.3 Å². The van der Waals surface area contributed by atoms with E-state index in [-0.39, 0.29) is 11.4 Å². The van der Waals surface area contributed by atoms with Crippen molar-refractivity contribution in [3.8, 4) is 17.1 Å². The summed E-state index contributed by atoms with van der Waals surface area (Å²) in [7, 11) is 2.05. The van der Waals surface area contributed by atoms with Gasteiger partial charge in [0.25, 0.3) is 0 Å². The normalized spacial score (nSPS) is 10.5. The molecule has 3 rings (SSSR count). The number of aryl methyl sites for hydroxylation is 1. The summed E-state index contributed by atoms with van der Waals surface area (Å²) in [4.78, 5) is 15.1. The Labute approximate surface area is 194 Å². The summed E-state index contributed by atoms with van der Waals surface area (Å²) < 4.78 is 20.3. The van der Waals surface area contributed by atoms with Gasteiger partial charge in [-0.1, -0.05) is 32.4 Å². The van der Waals surface area contributed by atoms with Crippen LogP contribution in [0.3, 0.4) is 0 Å². The number of hydrogen-bond acceptors (Lipinski definition) is 6. The smallest absolute Gasteiger partial charge is 0.180 e. The van der Waals surface area contributed by atoms with Crippen LogP contribution >= 0.6 is 11.6 Å². The lowest BCUT2D eigenvalue weighted by Gasteiger charge is -2.18. The molecule has 0 aliphatic heterocycles. The van der Waals surface area contributed by atoms with Crippen LogP contribution in [0.2, 0.25) is 5.02 Å². The number of halogens is 2. The molecule has 6 nitrogen and oxygen atoms in total. The zero-order valence-electron chi connectivity index (χ0n) is 19.3. The van der Waals surface area contributed by atoms with Crippen LogP contribution in [0.5, 0.6) is 5.75 Å². The molecule has 0 amide bonds. The molecule has 0 saturated heterocycles. The molecule has 2 heterocycles. The van der Waals surface area contributed by atoms with Gasteiger partial charge in [-0.15, -0.1) is 0 Å². The number of benzene rings is 1. The maximum atomic E-state index is 14.3. The fourth-order valence-corrected chi connectivity index (χ4v) is 3.08. The maximum Gasteiger partial charge on any atom is 0.180 e. The first-order valence-corrected chi connectivity index (χ1v) is 11.2. The van der Waals surface area contributed by atoms with Gasteiger partial charge in [-0.25, -0.2) is 14.4 Å². The van der Waals surface area contributed by atoms with Crippen molar-refractivity contribution in [1.82, 2.24) is 19.9 Å². The third-order valence-electron chi connectivity index (χ3n) is 4.53. The van der Waals surface area contributed by atoms with E-state index in [0.717, 1.165) is 30.8 Å². The van der Waals surface area contributed by atoms with Gasteiger partial charge in [0.05, 0.1) is 11.8 Å². The molecule has 1 N–H and O–H groups in total. The number of aromatic nitrogens is 3. The van der Waals surface area contributed by atoms with E-state index in [1.165, 1.54) is 18.2 Å². The topological polar surface area (TPSA) is 63.2 Å². The molecule has 0 aliphatic carbocycles. The summed E-state index contributed by atoms with van der Waals surface area (Å²) in [6.45, 7) is 10.3. The van der Waals surface area contributed by atoms with E-state index in [9.17, 15) is 4.39 Å². The number of nitrogens with one attached hydrogen (secondary N) is 1. The van der Waals surface area contributed by atoms with E-state index < -0.39 is 5.82 Å². The van der Waals surface area contributed by atoms with Crippen LogP contribution in [-0.4, -0.2) is 46.6 Å². The Morgan fingerprint density at radius 1 is 1.16 bits per heavy atom. The van der Waals surface area contributed by atoms with Gasteiger partial charge in [0.1, 0.15) is 12.4 Å². The number of pyridine rings is 1. The number of nitrogens with zero attached hydrogens (tertiary/aromatic N) is 4. The summed E-state index contributed by atoms with van der Waals surface area (Å²) in [5.41, 5.74) is 2.00. The van der Waals surface area contributed by atoms with Crippen LogP contribution < -0.4 is 10.1 Å². The Morgan fingerprint density at radius 2 is 1.94 bits per heavy atom. The Kier molecular flexibility index (Phi) is 10.3. The molecule has 0 fully saturated rings. The van der Waals surface area contributed by atoms with E-state index in [1.54, 1.807) is 18.6 Å². The van der Waals surface area contributed by atoms with Gasteiger partial charge in [0.2, 0.25) is 0 Å². The maximum absolute atomic E-state index is 14.3. The minimum absolute atomic E-state index is 0.222. The van der Waals surface area contributed by atoms with Gasteiger partial charge < -0.3 is 15.0 Å². The van der Waals surface area contributed by atoms with Crippen LogP contribution in [-0.2, 0) is 0 Å². The summed E-state index contributed by atoms with van der Waals surface area (Å²) >= 11 is 6.04. The largest absolute Gasteiger partial charge is 0.487 e. The van der Waals surface area contributed by atoms with Crippen LogP contribution in [0.4, 0.5) is 15.9 Å². The molecular formula is C24H31ClFN5O. The van der Waals surface area contributed by atoms with E-state index in [0.29, 0.717) is 23.2 Å². The van der Waals surface area contributed by atoms with Crippen LogP contribution in [0, 0.1) is 12.7 Å². The molecule has 1 aromatic carbocycles. The van der Waals surface area contributed by atoms with Gasteiger partial charge in [-0.05, 0) is 56.8 Å². The molecule has 0 spiro atoms. The highest BCUT2D eigenvalue weighted by molar-refractivity contribution is 6.30. The molecule has 3 aromatic rings. The molecule has 2 aromatic heterocycles. The van der Waals surface area contributed by atoms with E-state index in [4.69, 9.17) is 16.3 Å². The summed E-state index contributed by atoms with van der Waals surface area (Å²) in [5.74, 6) is 0.717. The number of anilines is 2. The second-order valence-electron chi connectivity index (χ2n) is 7.00. The summed E-state index contributed by atoms with van der Waals surface area (Å²) in [6, 6.07) is 6.14. The summed E-state index contributed by atoms with van der Waals surface area (Å²) in [5, 5.41) is 3.67. The molecular weight excluding hydrogens is 429 g/mol. The first-order chi connectivity index (χ1) is 15.5. The lowest BCUT2D eigenvalue weighted by Crippen LogP contribution is -2.25. The number of hydrogen-bond donors (Lipinski definition) is 1. The van der Waals surface area contributed by atoms with Crippen molar-refractivity contribution < 1.29 is 9.13 Å². The average Bonchev–Trinajstić information content (AvgIpc) is 2.79. The van der Waals surface area contributed by atoms with E-state index >= 15 is 0 Å². The predicted octanol–water partition coefficient (Wildman–Crippen LogP) is 6.13. The molecule has 0 saturated carbocycles. The Morgan fingerprint density at radius 3 is 2.66 bits per heavy atom. The van der Waals surface area contributed by atoms with Crippen molar-refractivity contribution in [1.29, 1.82) is 0 Å². The fraction of sp³-hybridized carbons (Fsp3) is 0.375. The molecule has 32 heavy (non-hydrogen) atoms. The molecule has 8 heteroatoms. The average molecular weight is 460 g/mol. The van der Waals surface area contributed by atoms with Crippen molar-refractivity contribution >= 4 is 23.1 Å². The molecule has 172 valence electrons.